The first-order valence-electron chi connectivity index (χ1n) is 13.1. The number of benzene rings is 4. The van der Waals surface area contributed by atoms with Crippen molar-refractivity contribution in [1.29, 1.82) is 0 Å². The minimum atomic E-state index is -1.15. The fourth-order valence-corrected chi connectivity index (χ4v) is 4.33. The smallest absolute Gasteiger partial charge is 0.338 e. The molecule has 8 heteroatoms. The molecule has 0 bridgehead atoms. The molecule has 1 aliphatic rings. The molecule has 208 valence electrons. The highest BCUT2D eigenvalue weighted by Gasteiger charge is 2.51. The first-order chi connectivity index (χ1) is 20.1. The van der Waals surface area contributed by atoms with Gasteiger partial charge in [0.05, 0.1) is 23.3 Å². The Morgan fingerprint density at radius 1 is 0.561 bits per heavy atom. The molecule has 0 spiro atoms. The number of hydrogen-bond donors (Lipinski definition) is 0. The van der Waals surface area contributed by atoms with Gasteiger partial charge in [0.2, 0.25) is 0 Å². The van der Waals surface area contributed by atoms with E-state index in [1.54, 1.807) is 91.0 Å². The van der Waals surface area contributed by atoms with Crippen molar-refractivity contribution in [2.45, 2.75) is 31.2 Å². The second-order valence-electron chi connectivity index (χ2n) is 9.28. The van der Waals surface area contributed by atoms with Crippen LogP contribution in [-0.2, 0) is 30.3 Å². The van der Waals surface area contributed by atoms with Crippen LogP contribution in [0.5, 0.6) is 0 Å². The van der Waals surface area contributed by atoms with E-state index in [0.29, 0.717) is 16.7 Å². The Morgan fingerprint density at radius 3 is 1.51 bits per heavy atom. The highest BCUT2D eigenvalue weighted by atomic mass is 16.7. The molecule has 41 heavy (non-hydrogen) atoms. The van der Waals surface area contributed by atoms with E-state index in [-0.39, 0.29) is 13.2 Å². The SMILES string of the molecule is O=C(OC[C@H]1O[C@H](OCc2ccccc2)[C@@H](OC(=O)c2ccccc2)[C@H]1OC(=O)c1ccccc1)c1ccccc1. The number of rotatable bonds is 10. The van der Waals surface area contributed by atoms with Crippen molar-refractivity contribution in [2.24, 2.45) is 0 Å². The number of carbonyl (C=O) groups excluding carboxylic acids is 3. The zero-order valence-corrected chi connectivity index (χ0v) is 22.0. The van der Waals surface area contributed by atoms with E-state index >= 15 is 0 Å². The van der Waals surface area contributed by atoms with Crippen molar-refractivity contribution in [3.63, 3.8) is 0 Å². The summed E-state index contributed by atoms with van der Waals surface area (Å²) in [7, 11) is 0. The summed E-state index contributed by atoms with van der Waals surface area (Å²) in [4.78, 5) is 38.9. The predicted octanol–water partition coefficient (Wildman–Crippen LogP) is 5.24. The van der Waals surface area contributed by atoms with Gasteiger partial charge in [-0.15, -0.1) is 0 Å². The molecule has 0 amide bonds. The third-order valence-corrected chi connectivity index (χ3v) is 6.42. The third kappa shape index (κ3) is 7.25. The van der Waals surface area contributed by atoms with Crippen LogP contribution in [-0.4, -0.2) is 49.1 Å². The van der Waals surface area contributed by atoms with Gasteiger partial charge in [0.1, 0.15) is 12.7 Å². The molecular formula is C33H28O8. The van der Waals surface area contributed by atoms with Crippen LogP contribution in [0.15, 0.2) is 121 Å². The van der Waals surface area contributed by atoms with Crippen molar-refractivity contribution in [3.05, 3.63) is 144 Å². The monoisotopic (exact) mass is 552 g/mol. The van der Waals surface area contributed by atoms with Gasteiger partial charge in [0.15, 0.2) is 18.5 Å². The van der Waals surface area contributed by atoms with Crippen LogP contribution in [0.2, 0.25) is 0 Å². The summed E-state index contributed by atoms with van der Waals surface area (Å²) in [5.74, 6) is -1.87. The van der Waals surface area contributed by atoms with Crippen molar-refractivity contribution < 1.29 is 38.1 Å². The fourth-order valence-electron chi connectivity index (χ4n) is 4.33. The Morgan fingerprint density at radius 2 is 1.00 bits per heavy atom. The van der Waals surface area contributed by atoms with Gasteiger partial charge in [0.25, 0.3) is 0 Å². The summed E-state index contributed by atoms with van der Waals surface area (Å²) in [6.45, 7) is -0.133. The summed E-state index contributed by atoms with van der Waals surface area (Å²) < 4.78 is 29.4. The molecule has 0 unspecified atom stereocenters. The maximum Gasteiger partial charge on any atom is 0.338 e. The lowest BCUT2D eigenvalue weighted by Gasteiger charge is -2.24. The minimum absolute atomic E-state index is 0.140. The Hall–Kier alpha value is -4.79. The van der Waals surface area contributed by atoms with E-state index in [4.69, 9.17) is 23.7 Å². The zero-order chi connectivity index (χ0) is 28.4. The Bertz CT molecular complexity index is 1430. The minimum Gasteiger partial charge on any atom is -0.459 e. The lowest BCUT2D eigenvalue weighted by atomic mass is 10.1. The van der Waals surface area contributed by atoms with Crippen LogP contribution < -0.4 is 0 Å². The molecule has 4 atom stereocenters. The molecule has 0 saturated carbocycles. The van der Waals surface area contributed by atoms with E-state index in [1.165, 1.54) is 0 Å². The van der Waals surface area contributed by atoms with Crippen LogP contribution in [0.4, 0.5) is 0 Å². The van der Waals surface area contributed by atoms with Crippen LogP contribution in [0, 0.1) is 0 Å². The maximum atomic E-state index is 13.1. The first-order valence-corrected chi connectivity index (χ1v) is 13.1. The summed E-state index contributed by atoms with van der Waals surface area (Å²) in [5.41, 5.74) is 1.82. The van der Waals surface area contributed by atoms with Crippen molar-refractivity contribution in [2.75, 3.05) is 6.61 Å². The summed E-state index contributed by atoms with van der Waals surface area (Å²) in [6.07, 6.45) is -4.39. The highest BCUT2D eigenvalue weighted by molar-refractivity contribution is 5.91. The summed E-state index contributed by atoms with van der Waals surface area (Å²) in [5, 5.41) is 0. The predicted molar refractivity (Wildman–Crippen MR) is 148 cm³/mol. The van der Waals surface area contributed by atoms with Crippen molar-refractivity contribution in [3.8, 4) is 0 Å². The topological polar surface area (TPSA) is 97.4 Å². The molecule has 0 aromatic heterocycles. The summed E-state index contributed by atoms with van der Waals surface area (Å²) >= 11 is 0. The molecule has 8 nitrogen and oxygen atoms in total. The normalized spacial score (nSPS) is 19.7. The molecule has 0 radical (unpaired) electrons. The van der Waals surface area contributed by atoms with Gasteiger partial charge in [-0.3, -0.25) is 0 Å². The summed E-state index contributed by atoms with van der Waals surface area (Å²) in [6, 6.07) is 34.7. The van der Waals surface area contributed by atoms with E-state index in [1.807, 2.05) is 30.3 Å². The van der Waals surface area contributed by atoms with E-state index < -0.39 is 42.5 Å². The van der Waals surface area contributed by atoms with Gasteiger partial charge >= 0.3 is 17.9 Å². The van der Waals surface area contributed by atoms with Crippen LogP contribution >= 0.6 is 0 Å². The van der Waals surface area contributed by atoms with Gasteiger partial charge in [-0.05, 0) is 42.0 Å². The third-order valence-electron chi connectivity index (χ3n) is 6.42. The number of esters is 3. The molecule has 1 aliphatic heterocycles. The van der Waals surface area contributed by atoms with Gasteiger partial charge in [-0.1, -0.05) is 84.9 Å². The van der Waals surface area contributed by atoms with E-state index in [2.05, 4.69) is 0 Å². The standard InChI is InChI=1S/C33H28O8/c34-30(24-15-7-2-8-16-24)37-22-27-28(40-31(35)25-17-9-3-10-18-25)29(41-32(36)26-19-11-4-12-20-26)33(39-27)38-21-23-13-5-1-6-14-23/h1-20,27-29,33H,21-22H2/t27-,28+,29+,33+/m1/s1. The number of hydrogen-bond acceptors (Lipinski definition) is 8. The molecule has 5 rings (SSSR count). The van der Waals surface area contributed by atoms with Gasteiger partial charge in [-0.2, -0.15) is 0 Å². The molecule has 0 N–H and O–H groups in total. The van der Waals surface area contributed by atoms with Crippen molar-refractivity contribution >= 4 is 17.9 Å². The second kappa shape index (κ2) is 13.5. The number of ether oxygens (including phenoxy) is 5. The molecule has 4 aromatic rings. The maximum absolute atomic E-state index is 13.1. The molecule has 1 heterocycles. The average Bonchev–Trinajstić information content (AvgIpc) is 3.35. The first kappa shape index (κ1) is 27.8. The van der Waals surface area contributed by atoms with E-state index in [9.17, 15) is 14.4 Å². The average molecular weight is 553 g/mol. The Kier molecular flexibility index (Phi) is 9.15. The highest BCUT2D eigenvalue weighted by Crippen LogP contribution is 2.30. The largest absolute Gasteiger partial charge is 0.459 e. The lowest BCUT2D eigenvalue weighted by molar-refractivity contribution is -0.176. The fraction of sp³-hybridized carbons (Fsp3) is 0.182. The quantitative estimate of drug-likeness (QED) is 0.195. The molecule has 0 aliphatic carbocycles. The van der Waals surface area contributed by atoms with E-state index in [0.717, 1.165) is 5.56 Å². The zero-order valence-electron chi connectivity index (χ0n) is 22.0. The van der Waals surface area contributed by atoms with Gasteiger partial charge in [0, 0.05) is 0 Å². The van der Waals surface area contributed by atoms with Crippen LogP contribution in [0.1, 0.15) is 36.6 Å². The van der Waals surface area contributed by atoms with Gasteiger partial charge in [-0.25, -0.2) is 14.4 Å². The molecule has 1 fully saturated rings. The Balaban J connectivity index is 1.40. The second-order valence-corrected chi connectivity index (χ2v) is 9.28. The van der Waals surface area contributed by atoms with Crippen LogP contribution in [0.3, 0.4) is 0 Å². The molecular weight excluding hydrogens is 524 g/mol. The Labute approximate surface area is 237 Å². The van der Waals surface area contributed by atoms with Gasteiger partial charge < -0.3 is 23.7 Å². The molecule has 4 aromatic carbocycles. The lowest BCUT2D eigenvalue weighted by Crippen LogP contribution is -2.42. The number of carbonyl (C=O) groups is 3. The van der Waals surface area contributed by atoms with Crippen LogP contribution in [0.25, 0.3) is 0 Å². The molecule has 1 saturated heterocycles. The van der Waals surface area contributed by atoms with Crippen molar-refractivity contribution in [1.82, 2.24) is 0 Å².